The molecule has 7 rings (SSSR count). The molecular weight excluding hydrogens is 518 g/mol. The fourth-order valence-electron chi connectivity index (χ4n) is 6.22. The summed E-state index contributed by atoms with van der Waals surface area (Å²) in [6, 6.07) is 22.3. The van der Waals surface area contributed by atoms with Crippen LogP contribution in [0.3, 0.4) is 0 Å². The van der Waals surface area contributed by atoms with E-state index in [9.17, 15) is 4.79 Å². The maximum atomic E-state index is 14.3. The molecule has 0 saturated heterocycles. The number of methoxy groups -OCH3 is 2. The predicted molar refractivity (Wildman–Crippen MR) is 160 cm³/mol. The summed E-state index contributed by atoms with van der Waals surface area (Å²) < 4.78 is 16.3. The predicted octanol–water partition coefficient (Wildman–Crippen LogP) is 5.31. The minimum Gasteiger partial charge on any atom is -0.493 e. The Balaban J connectivity index is 1.52. The Labute approximate surface area is 235 Å². The molecule has 40 heavy (non-hydrogen) atoms. The molecule has 0 unspecified atom stereocenters. The first-order chi connectivity index (χ1) is 19.6. The number of hydrogen-bond donors (Lipinski definition) is 0. The van der Waals surface area contributed by atoms with Gasteiger partial charge < -0.3 is 14.0 Å². The number of benzene rings is 3. The van der Waals surface area contributed by atoms with Crippen molar-refractivity contribution in [2.24, 2.45) is 4.99 Å². The van der Waals surface area contributed by atoms with E-state index in [1.165, 1.54) is 16.9 Å². The van der Waals surface area contributed by atoms with E-state index in [-0.39, 0.29) is 11.6 Å². The van der Waals surface area contributed by atoms with Crippen LogP contribution in [0.4, 0.5) is 0 Å². The highest BCUT2D eigenvalue weighted by Gasteiger charge is 2.34. The molecule has 7 heteroatoms. The van der Waals surface area contributed by atoms with E-state index in [1.807, 2.05) is 34.9 Å². The van der Waals surface area contributed by atoms with Crippen LogP contribution in [-0.2, 0) is 13.0 Å². The Morgan fingerprint density at radius 1 is 1.00 bits per heavy atom. The number of aryl methyl sites for hydroxylation is 2. The SMILES string of the molecule is CCn1cc(C=c2sc3n(c2=O)[C@H](c2cccc(OC)c2OC)C2=C(N=3)c3ccccc3CC2)c2ccccc21. The van der Waals surface area contributed by atoms with Crippen LogP contribution in [-0.4, -0.2) is 23.4 Å². The first kappa shape index (κ1) is 24.7. The van der Waals surface area contributed by atoms with Crippen LogP contribution in [0, 0.1) is 0 Å². The van der Waals surface area contributed by atoms with E-state index < -0.39 is 0 Å². The lowest BCUT2D eigenvalue weighted by molar-refractivity contribution is 0.348. The van der Waals surface area contributed by atoms with Crippen molar-refractivity contribution in [3.05, 3.63) is 120 Å². The minimum atomic E-state index is -0.344. The van der Waals surface area contributed by atoms with Gasteiger partial charge in [-0.15, -0.1) is 0 Å². The van der Waals surface area contributed by atoms with E-state index in [1.54, 1.807) is 14.2 Å². The van der Waals surface area contributed by atoms with Gasteiger partial charge in [-0.2, -0.15) is 0 Å². The number of thiazole rings is 1. The topological polar surface area (TPSA) is 57.8 Å². The Morgan fingerprint density at radius 3 is 2.65 bits per heavy atom. The third kappa shape index (κ3) is 3.68. The van der Waals surface area contributed by atoms with Crippen molar-refractivity contribution in [3.8, 4) is 11.5 Å². The number of rotatable bonds is 5. The van der Waals surface area contributed by atoms with Crippen molar-refractivity contribution < 1.29 is 9.47 Å². The number of hydrogen-bond acceptors (Lipinski definition) is 5. The van der Waals surface area contributed by atoms with Gasteiger partial charge in [0.05, 0.1) is 30.5 Å². The molecule has 6 nitrogen and oxygen atoms in total. The summed E-state index contributed by atoms with van der Waals surface area (Å²) >= 11 is 1.45. The maximum Gasteiger partial charge on any atom is 0.271 e. The Morgan fingerprint density at radius 2 is 1.82 bits per heavy atom. The van der Waals surface area contributed by atoms with Gasteiger partial charge in [0, 0.05) is 40.3 Å². The Bertz CT molecular complexity index is 2010. The summed E-state index contributed by atoms with van der Waals surface area (Å²) in [6.45, 7) is 2.99. The van der Waals surface area contributed by atoms with Crippen LogP contribution < -0.4 is 24.4 Å². The third-order valence-corrected chi connectivity index (χ3v) is 9.03. The van der Waals surface area contributed by atoms with Crippen LogP contribution in [0.25, 0.3) is 22.7 Å². The Hall–Kier alpha value is -4.36. The van der Waals surface area contributed by atoms with Crippen molar-refractivity contribution in [2.45, 2.75) is 32.4 Å². The highest BCUT2D eigenvalue weighted by atomic mass is 32.1. The van der Waals surface area contributed by atoms with Crippen molar-refractivity contribution in [3.63, 3.8) is 0 Å². The average Bonchev–Trinajstić information content (AvgIpc) is 3.52. The summed E-state index contributed by atoms with van der Waals surface area (Å²) in [7, 11) is 3.29. The lowest BCUT2D eigenvalue weighted by Crippen LogP contribution is -2.39. The van der Waals surface area contributed by atoms with Gasteiger partial charge >= 0.3 is 0 Å². The van der Waals surface area contributed by atoms with E-state index in [0.29, 0.717) is 20.8 Å². The molecule has 0 radical (unpaired) electrons. The lowest BCUT2D eigenvalue weighted by Gasteiger charge is -2.31. The quantitative estimate of drug-likeness (QED) is 0.300. The first-order valence-electron chi connectivity index (χ1n) is 13.5. The van der Waals surface area contributed by atoms with Crippen LogP contribution >= 0.6 is 11.3 Å². The number of fused-ring (bicyclic) bond motifs is 4. The van der Waals surface area contributed by atoms with Gasteiger partial charge in [0.2, 0.25) is 0 Å². The normalized spacial score (nSPS) is 16.4. The molecule has 1 atom stereocenters. The van der Waals surface area contributed by atoms with E-state index >= 15 is 0 Å². The fourth-order valence-corrected chi connectivity index (χ4v) is 7.21. The molecule has 0 bridgehead atoms. The number of nitrogens with zero attached hydrogens (tertiary/aromatic N) is 3. The molecule has 0 spiro atoms. The molecule has 3 aromatic carbocycles. The second kappa shape index (κ2) is 9.68. The minimum absolute atomic E-state index is 0.0441. The average molecular weight is 548 g/mol. The summed E-state index contributed by atoms with van der Waals surface area (Å²) in [4.78, 5) is 20.1. The molecule has 3 heterocycles. The van der Waals surface area contributed by atoms with Gasteiger partial charge in [0.1, 0.15) is 0 Å². The lowest BCUT2D eigenvalue weighted by atomic mass is 9.83. The molecule has 0 N–H and O–H groups in total. The summed E-state index contributed by atoms with van der Waals surface area (Å²) in [5, 5.41) is 1.13. The first-order valence-corrected chi connectivity index (χ1v) is 14.4. The van der Waals surface area contributed by atoms with Crippen molar-refractivity contribution in [1.29, 1.82) is 0 Å². The smallest absolute Gasteiger partial charge is 0.271 e. The maximum absolute atomic E-state index is 14.3. The van der Waals surface area contributed by atoms with Crippen molar-refractivity contribution in [1.82, 2.24) is 9.13 Å². The number of aromatic nitrogens is 2. The van der Waals surface area contributed by atoms with Crippen LogP contribution in [0.2, 0.25) is 0 Å². The van der Waals surface area contributed by atoms with Crippen LogP contribution in [0.5, 0.6) is 11.5 Å². The van der Waals surface area contributed by atoms with E-state index in [4.69, 9.17) is 14.5 Å². The van der Waals surface area contributed by atoms with Crippen molar-refractivity contribution >= 4 is 34.0 Å². The molecular formula is C33H29N3O3S. The zero-order valence-electron chi connectivity index (χ0n) is 22.7. The number of para-hydroxylation sites is 2. The molecule has 0 saturated carbocycles. The van der Waals surface area contributed by atoms with Gasteiger partial charge in [-0.05, 0) is 49.1 Å². The zero-order chi connectivity index (χ0) is 27.4. The van der Waals surface area contributed by atoms with Gasteiger partial charge in [-0.25, -0.2) is 4.99 Å². The number of ether oxygens (including phenoxy) is 2. The molecule has 2 aliphatic rings. The molecule has 2 aromatic heterocycles. The molecule has 1 aliphatic carbocycles. The van der Waals surface area contributed by atoms with E-state index in [0.717, 1.165) is 58.2 Å². The molecule has 200 valence electrons. The summed E-state index contributed by atoms with van der Waals surface area (Å²) in [6.07, 6.45) is 5.87. The second-order valence-electron chi connectivity index (χ2n) is 10.1. The van der Waals surface area contributed by atoms with Crippen LogP contribution in [0.15, 0.2) is 88.3 Å². The van der Waals surface area contributed by atoms with Crippen LogP contribution in [0.1, 0.15) is 41.6 Å². The largest absolute Gasteiger partial charge is 0.493 e. The highest BCUT2D eigenvalue weighted by molar-refractivity contribution is 7.07. The standard InChI is InChI=1S/C33H29N3O3S/c1-4-35-19-21(22-11-7-8-14-26(22)35)18-28-32(37)36-30(25-13-9-15-27(38-2)31(25)39-3)24-17-16-20-10-5-6-12-23(20)29(24)34-33(36)40-28/h5-15,18-19,30H,4,16-17H2,1-3H3/t30-/m0/s1. The Kier molecular flexibility index (Phi) is 5.97. The third-order valence-electron chi connectivity index (χ3n) is 8.05. The van der Waals surface area contributed by atoms with Gasteiger partial charge in [0.25, 0.3) is 5.56 Å². The van der Waals surface area contributed by atoms with Gasteiger partial charge in [-0.3, -0.25) is 9.36 Å². The second-order valence-corrected chi connectivity index (χ2v) is 11.1. The highest BCUT2D eigenvalue weighted by Crippen LogP contribution is 2.45. The summed E-state index contributed by atoms with van der Waals surface area (Å²) in [5.74, 6) is 1.29. The fraction of sp³-hybridized carbons (Fsp3) is 0.212. The number of allylic oxidation sites excluding steroid dienone is 1. The molecule has 1 aliphatic heterocycles. The monoisotopic (exact) mass is 547 g/mol. The summed E-state index contributed by atoms with van der Waals surface area (Å²) in [5.41, 5.74) is 7.57. The zero-order valence-corrected chi connectivity index (χ0v) is 23.5. The van der Waals surface area contributed by atoms with Crippen molar-refractivity contribution in [2.75, 3.05) is 14.2 Å². The van der Waals surface area contributed by atoms with Gasteiger partial charge in [0.15, 0.2) is 16.3 Å². The van der Waals surface area contributed by atoms with Gasteiger partial charge in [-0.1, -0.05) is 65.9 Å². The van der Waals surface area contributed by atoms with E-state index in [2.05, 4.69) is 60.2 Å². The molecule has 0 fully saturated rings. The molecule has 0 amide bonds. The molecule has 5 aromatic rings.